The monoisotopic (exact) mass is 386 g/mol. The van der Waals surface area contributed by atoms with Crippen LogP contribution in [0.15, 0.2) is 59.6 Å². The number of hydrogen-bond donors (Lipinski definition) is 3. The Kier molecular flexibility index (Phi) is 8.74. The summed E-state index contributed by atoms with van der Waals surface area (Å²) in [6.07, 6.45) is 0.0802. The van der Waals surface area contributed by atoms with Gasteiger partial charge in [-0.1, -0.05) is 30.3 Å². The van der Waals surface area contributed by atoms with E-state index >= 15 is 0 Å². The lowest BCUT2D eigenvalue weighted by Gasteiger charge is -2.14. The smallest absolute Gasteiger partial charge is 0.269 e. The van der Waals surface area contributed by atoms with Crippen LogP contribution in [0.5, 0.6) is 5.75 Å². The van der Waals surface area contributed by atoms with Gasteiger partial charge in [-0.2, -0.15) is 0 Å². The van der Waals surface area contributed by atoms with E-state index in [9.17, 15) is 15.2 Å². The van der Waals surface area contributed by atoms with Gasteiger partial charge in [0.25, 0.3) is 5.69 Å². The van der Waals surface area contributed by atoms with Crippen molar-refractivity contribution in [2.75, 3.05) is 26.2 Å². The first-order valence-corrected chi connectivity index (χ1v) is 9.20. The van der Waals surface area contributed by atoms with E-state index in [4.69, 9.17) is 4.74 Å². The van der Waals surface area contributed by atoms with Crippen LogP contribution in [0, 0.1) is 10.1 Å². The van der Waals surface area contributed by atoms with Crippen LogP contribution >= 0.6 is 0 Å². The van der Waals surface area contributed by atoms with E-state index < -0.39 is 11.0 Å². The van der Waals surface area contributed by atoms with Gasteiger partial charge in [0, 0.05) is 25.2 Å². The van der Waals surface area contributed by atoms with Crippen molar-refractivity contribution < 1.29 is 14.8 Å². The number of aliphatic hydroxyl groups is 1. The average molecular weight is 386 g/mol. The van der Waals surface area contributed by atoms with Gasteiger partial charge in [0.1, 0.15) is 18.5 Å². The molecule has 0 fully saturated rings. The first-order chi connectivity index (χ1) is 13.6. The Morgan fingerprint density at radius 1 is 1.18 bits per heavy atom. The fourth-order valence-corrected chi connectivity index (χ4v) is 2.42. The van der Waals surface area contributed by atoms with E-state index in [-0.39, 0.29) is 18.8 Å². The minimum atomic E-state index is -0.792. The van der Waals surface area contributed by atoms with E-state index in [1.54, 1.807) is 0 Å². The van der Waals surface area contributed by atoms with Crippen molar-refractivity contribution >= 4 is 11.6 Å². The van der Waals surface area contributed by atoms with Crippen LogP contribution in [0.3, 0.4) is 0 Å². The van der Waals surface area contributed by atoms with Gasteiger partial charge in [-0.25, -0.2) is 0 Å². The van der Waals surface area contributed by atoms with Crippen molar-refractivity contribution in [2.45, 2.75) is 19.4 Å². The number of hydrogen-bond acceptors (Lipinski definition) is 5. The zero-order valence-corrected chi connectivity index (χ0v) is 15.9. The SMILES string of the molecule is CCNC(=NCC(O)COc1ccc([N+](=O)[O-])cc1)NCCc1ccccc1. The molecule has 2 aromatic rings. The number of benzene rings is 2. The molecule has 0 radical (unpaired) electrons. The maximum absolute atomic E-state index is 10.6. The van der Waals surface area contributed by atoms with Crippen LogP contribution in [0.1, 0.15) is 12.5 Å². The number of guanidine groups is 1. The molecule has 1 atom stereocenters. The minimum absolute atomic E-state index is 0.00522. The average Bonchev–Trinajstić information content (AvgIpc) is 2.71. The number of nitro benzene ring substituents is 1. The van der Waals surface area contributed by atoms with Crippen LogP contribution in [0.2, 0.25) is 0 Å². The fraction of sp³-hybridized carbons (Fsp3) is 0.350. The Hall–Kier alpha value is -3.13. The lowest BCUT2D eigenvalue weighted by Crippen LogP contribution is -2.39. The first-order valence-electron chi connectivity index (χ1n) is 9.20. The highest BCUT2D eigenvalue weighted by atomic mass is 16.6. The van der Waals surface area contributed by atoms with Gasteiger partial charge in [-0.15, -0.1) is 0 Å². The Morgan fingerprint density at radius 3 is 2.54 bits per heavy atom. The molecule has 0 aliphatic carbocycles. The molecule has 28 heavy (non-hydrogen) atoms. The van der Waals surface area contributed by atoms with Crippen LogP contribution in [-0.2, 0) is 6.42 Å². The molecule has 3 N–H and O–H groups in total. The summed E-state index contributed by atoms with van der Waals surface area (Å²) in [5.74, 6) is 1.09. The first kappa shape index (κ1) is 21.2. The molecular weight excluding hydrogens is 360 g/mol. The highest BCUT2D eigenvalue weighted by Crippen LogP contribution is 2.17. The van der Waals surface area contributed by atoms with Crippen molar-refractivity contribution in [1.82, 2.24) is 10.6 Å². The number of aliphatic hydroxyl groups excluding tert-OH is 1. The third-order valence-corrected chi connectivity index (χ3v) is 3.84. The molecule has 0 amide bonds. The van der Waals surface area contributed by atoms with Crippen LogP contribution in [0.25, 0.3) is 0 Å². The summed E-state index contributed by atoms with van der Waals surface area (Å²) < 4.78 is 5.45. The third kappa shape index (κ3) is 7.63. The molecule has 0 bridgehead atoms. The largest absolute Gasteiger partial charge is 0.491 e. The second kappa shape index (κ2) is 11.6. The van der Waals surface area contributed by atoms with Crippen molar-refractivity contribution in [3.8, 4) is 5.75 Å². The van der Waals surface area contributed by atoms with E-state index in [0.29, 0.717) is 18.3 Å². The normalized spacial score (nSPS) is 12.3. The Balaban J connectivity index is 1.76. The van der Waals surface area contributed by atoms with Crippen molar-refractivity contribution in [1.29, 1.82) is 0 Å². The summed E-state index contributed by atoms with van der Waals surface area (Å²) in [4.78, 5) is 14.5. The van der Waals surface area contributed by atoms with Gasteiger partial charge in [0.15, 0.2) is 5.96 Å². The predicted molar refractivity (Wildman–Crippen MR) is 109 cm³/mol. The topological polar surface area (TPSA) is 109 Å². The Morgan fingerprint density at radius 2 is 1.89 bits per heavy atom. The lowest BCUT2D eigenvalue weighted by atomic mass is 10.1. The number of nitrogens with zero attached hydrogens (tertiary/aromatic N) is 2. The summed E-state index contributed by atoms with van der Waals surface area (Å²) in [6, 6.07) is 15.9. The second-order valence-electron chi connectivity index (χ2n) is 6.10. The van der Waals surface area contributed by atoms with Gasteiger partial charge in [0.05, 0.1) is 11.5 Å². The molecule has 0 saturated carbocycles. The van der Waals surface area contributed by atoms with E-state index in [0.717, 1.165) is 13.0 Å². The fourth-order valence-electron chi connectivity index (χ4n) is 2.42. The molecule has 0 aliphatic rings. The van der Waals surface area contributed by atoms with Crippen molar-refractivity contribution in [3.05, 3.63) is 70.3 Å². The van der Waals surface area contributed by atoms with Crippen molar-refractivity contribution in [2.24, 2.45) is 4.99 Å². The molecule has 1 unspecified atom stereocenters. The standard InChI is InChI=1S/C20H26N4O4/c1-2-21-20(22-13-12-16-6-4-3-5-7-16)23-14-18(25)15-28-19-10-8-17(9-11-19)24(26)27/h3-11,18,25H,2,12-15H2,1H3,(H2,21,22,23). The maximum atomic E-state index is 10.6. The number of ether oxygens (including phenoxy) is 1. The van der Waals surface area contributed by atoms with Crippen LogP contribution in [0.4, 0.5) is 5.69 Å². The predicted octanol–water partition coefficient (Wildman–Crippen LogP) is 2.13. The van der Waals surface area contributed by atoms with Gasteiger partial charge >= 0.3 is 0 Å². The van der Waals surface area contributed by atoms with Crippen molar-refractivity contribution in [3.63, 3.8) is 0 Å². The Bertz CT molecular complexity index is 751. The molecule has 0 heterocycles. The summed E-state index contributed by atoms with van der Waals surface area (Å²) >= 11 is 0. The molecule has 0 spiro atoms. The molecule has 0 aliphatic heterocycles. The van der Waals surface area contributed by atoms with Crippen LogP contribution in [-0.4, -0.2) is 48.3 Å². The number of rotatable bonds is 10. The van der Waals surface area contributed by atoms with Gasteiger partial charge in [-0.05, 0) is 31.0 Å². The van der Waals surface area contributed by atoms with E-state index in [2.05, 4.69) is 27.8 Å². The number of nitro groups is 1. The molecule has 2 rings (SSSR count). The number of nitrogens with one attached hydrogen (secondary N) is 2. The quantitative estimate of drug-likeness (QED) is 0.250. The summed E-state index contributed by atoms with van der Waals surface area (Å²) in [5, 5.41) is 27.1. The summed E-state index contributed by atoms with van der Waals surface area (Å²) in [7, 11) is 0. The van der Waals surface area contributed by atoms with Gasteiger partial charge in [0.2, 0.25) is 0 Å². The zero-order valence-electron chi connectivity index (χ0n) is 15.9. The molecule has 150 valence electrons. The molecule has 0 saturated heterocycles. The molecule has 8 heteroatoms. The molecule has 0 aromatic heterocycles. The Labute approximate surface area is 164 Å². The lowest BCUT2D eigenvalue weighted by molar-refractivity contribution is -0.384. The van der Waals surface area contributed by atoms with E-state index in [1.165, 1.54) is 29.8 Å². The van der Waals surface area contributed by atoms with Gasteiger partial charge in [-0.3, -0.25) is 15.1 Å². The third-order valence-electron chi connectivity index (χ3n) is 3.84. The van der Waals surface area contributed by atoms with E-state index in [1.807, 2.05) is 25.1 Å². The highest BCUT2D eigenvalue weighted by molar-refractivity contribution is 5.79. The summed E-state index contributed by atoms with van der Waals surface area (Å²) in [6.45, 7) is 3.64. The molecular formula is C20H26N4O4. The van der Waals surface area contributed by atoms with Gasteiger partial charge < -0.3 is 20.5 Å². The number of non-ortho nitro benzene ring substituents is 1. The van der Waals surface area contributed by atoms with Crippen LogP contribution < -0.4 is 15.4 Å². The maximum Gasteiger partial charge on any atom is 0.269 e. The molecule has 8 nitrogen and oxygen atoms in total. The second-order valence-corrected chi connectivity index (χ2v) is 6.10. The highest BCUT2D eigenvalue weighted by Gasteiger charge is 2.08. The molecule has 2 aromatic carbocycles. The minimum Gasteiger partial charge on any atom is -0.491 e. The zero-order chi connectivity index (χ0) is 20.2. The summed E-state index contributed by atoms with van der Waals surface area (Å²) in [5.41, 5.74) is 1.23. The number of aliphatic imine (C=N–C) groups is 1.